The Balaban J connectivity index is 0.00000121. The predicted octanol–water partition coefficient (Wildman–Crippen LogP) is 3.36. The van der Waals surface area contributed by atoms with Crippen LogP contribution in [0.2, 0.25) is 0 Å². The second-order valence-electron chi connectivity index (χ2n) is 3.76. The van der Waals surface area contributed by atoms with Gasteiger partial charge in [0.2, 0.25) is 0 Å². The van der Waals surface area contributed by atoms with E-state index in [0.717, 1.165) is 6.42 Å². The van der Waals surface area contributed by atoms with Crippen LogP contribution in [0.4, 0.5) is 0 Å². The summed E-state index contributed by atoms with van der Waals surface area (Å²) < 4.78 is 0. The summed E-state index contributed by atoms with van der Waals surface area (Å²) in [6.45, 7) is 8.98. The molecule has 0 atom stereocenters. The molecule has 0 aromatic rings. The summed E-state index contributed by atoms with van der Waals surface area (Å²) in [7, 11) is 0. The van der Waals surface area contributed by atoms with E-state index in [2.05, 4.69) is 39.8 Å². The van der Waals surface area contributed by atoms with Gasteiger partial charge in [0.15, 0.2) is 0 Å². The predicted molar refractivity (Wildman–Crippen MR) is 49.1 cm³/mol. The van der Waals surface area contributed by atoms with Crippen molar-refractivity contribution in [3.8, 4) is 0 Å². The molecule has 0 N–H and O–H groups in total. The zero-order valence-electron chi connectivity index (χ0n) is 8.29. The fourth-order valence-electron chi connectivity index (χ4n) is 1.57. The second kappa shape index (κ2) is 4.97. The van der Waals surface area contributed by atoms with Crippen molar-refractivity contribution in [2.75, 3.05) is 0 Å². The fourth-order valence-corrected chi connectivity index (χ4v) is 1.57. The van der Waals surface area contributed by atoms with E-state index < -0.39 is 0 Å². The second-order valence-corrected chi connectivity index (χ2v) is 3.76. The molecule has 0 fully saturated rings. The summed E-state index contributed by atoms with van der Waals surface area (Å²) in [5, 5.41) is 0. The van der Waals surface area contributed by atoms with Crippen molar-refractivity contribution < 1.29 is 19.5 Å². The first-order valence-electron chi connectivity index (χ1n) is 4.44. The Morgan fingerprint density at radius 3 is 2.08 bits per heavy atom. The zero-order valence-corrected chi connectivity index (χ0v) is 10.0. The molecular weight excluding hydrogens is 233 g/mol. The average Bonchev–Trinajstić information content (AvgIpc) is 2.32. The van der Waals surface area contributed by atoms with Crippen molar-refractivity contribution in [2.24, 2.45) is 11.8 Å². The number of allylic oxidation sites excluding steroid dienone is 4. The van der Waals surface area contributed by atoms with Crippen LogP contribution in [-0.2, 0) is 19.5 Å². The quantitative estimate of drug-likeness (QED) is 0.521. The van der Waals surface area contributed by atoms with Crippen molar-refractivity contribution in [2.45, 2.75) is 34.1 Å². The van der Waals surface area contributed by atoms with Crippen LogP contribution in [0.3, 0.4) is 0 Å². The van der Waals surface area contributed by atoms with Gasteiger partial charge in [0.05, 0.1) is 0 Å². The Morgan fingerprint density at radius 1 is 1.17 bits per heavy atom. The molecule has 1 heteroatoms. The van der Waals surface area contributed by atoms with E-state index in [9.17, 15) is 0 Å². The topological polar surface area (TPSA) is 0 Å². The fraction of sp³-hybridized carbons (Fsp3) is 0.636. The third kappa shape index (κ3) is 2.55. The zero-order chi connectivity index (χ0) is 8.43. The maximum Gasteiger partial charge on any atom is 1.00 e. The average molecular weight is 250 g/mol. The van der Waals surface area contributed by atoms with E-state index >= 15 is 0 Å². The molecule has 1 radical (unpaired) electrons. The molecule has 1 aliphatic carbocycles. The molecular formula is C11H17Ru. The van der Waals surface area contributed by atoms with Crippen molar-refractivity contribution in [1.29, 1.82) is 0 Å². The monoisotopic (exact) mass is 251 g/mol. The third-order valence-electron chi connectivity index (χ3n) is 2.12. The summed E-state index contributed by atoms with van der Waals surface area (Å²) in [6, 6.07) is 0. The van der Waals surface area contributed by atoms with Gasteiger partial charge in [-0.3, -0.25) is 6.08 Å². The molecule has 0 bridgehead atoms. The molecule has 0 heterocycles. The summed E-state index contributed by atoms with van der Waals surface area (Å²) in [5.74, 6) is 1.31. The summed E-state index contributed by atoms with van der Waals surface area (Å²) in [5.41, 5.74) is 2.96. The third-order valence-corrected chi connectivity index (χ3v) is 2.12. The van der Waals surface area contributed by atoms with Gasteiger partial charge in [0, 0.05) is 0 Å². The number of hydrogen-bond donors (Lipinski definition) is 0. The van der Waals surface area contributed by atoms with Crippen LogP contribution in [0.5, 0.6) is 0 Å². The number of hydrogen-bond acceptors (Lipinski definition) is 0. The molecule has 69 valence electrons. The summed E-state index contributed by atoms with van der Waals surface area (Å²) >= 11 is 0. The molecule has 0 saturated heterocycles. The van der Waals surface area contributed by atoms with Gasteiger partial charge < -0.3 is 0 Å². The van der Waals surface area contributed by atoms with E-state index in [1.54, 1.807) is 0 Å². The Hall–Kier alpha value is 0.103. The Morgan fingerprint density at radius 2 is 1.75 bits per heavy atom. The van der Waals surface area contributed by atoms with Crippen LogP contribution >= 0.6 is 0 Å². The van der Waals surface area contributed by atoms with E-state index in [4.69, 9.17) is 0 Å². The molecule has 0 aliphatic heterocycles. The minimum atomic E-state index is 0. The van der Waals surface area contributed by atoms with Gasteiger partial charge in [-0.1, -0.05) is 39.5 Å². The van der Waals surface area contributed by atoms with Crippen LogP contribution in [0.1, 0.15) is 34.1 Å². The van der Waals surface area contributed by atoms with E-state index in [0.29, 0.717) is 11.8 Å². The van der Waals surface area contributed by atoms with Crippen molar-refractivity contribution >= 4 is 0 Å². The molecule has 0 aromatic carbocycles. The van der Waals surface area contributed by atoms with Gasteiger partial charge in [-0.05, 0) is 0 Å². The summed E-state index contributed by atoms with van der Waals surface area (Å²) in [4.78, 5) is 0. The van der Waals surface area contributed by atoms with Gasteiger partial charge in [-0.15, -0.1) is 6.42 Å². The maximum absolute atomic E-state index is 3.41. The van der Waals surface area contributed by atoms with Crippen LogP contribution in [0.15, 0.2) is 17.2 Å². The molecule has 0 aromatic heterocycles. The first-order valence-corrected chi connectivity index (χ1v) is 4.44. The van der Waals surface area contributed by atoms with E-state index in [1.807, 2.05) is 0 Å². The Labute approximate surface area is 88.9 Å². The van der Waals surface area contributed by atoms with Crippen LogP contribution in [0, 0.1) is 17.9 Å². The molecule has 0 amide bonds. The van der Waals surface area contributed by atoms with E-state index in [1.165, 1.54) is 11.1 Å². The van der Waals surface area contributed by atoms with Crippen molar-refractivity contribution in [3.05, 3.63) is 23.3 Å². The van der Waals surface area contributed by atoms with Crippen molar-refractivity contribution in [1.82, 2.24) is 0 Å². The first kappa shape index (κ1) is 12.1. The maximum atomic E-state index is 3.41. The largest absolute Gasteiger partial charge is 1.00 e. The summed E-state index contributed by atoms with van der Waals surface area (Å²) in [6.07, 6.45) is 6.75. The first-order chi connectivity index (χ1) is 5.13. The van der Waals surface area contributed by atoms with E-state index in [-0.39, 0.29) is 19.5 Å². The molecule has 12 heavy (non-hydrogen) atoms. The molecule has 1 aliphatic rings. The Bertz CT molecular complexity index is 175. The van der Waals surface area contributed by atoms with Crippen LogP contribution in [0.25, 0.3) is 0 Å². The molecule has 0 saturated carbocycles. The molecule has 0 nitrogen and oxygen atoms in total. The Kier molecular flexibility index (Phi) is 5.01. The van der Waals surface area contributed by atoms with Crippen LogP contribution < -0.4 is 0 Å². The van der Waals surface area contributed by atoms with Gasteiger partial charge >= 0.3 is 19.5 Å². The van der Waals surface area contributed by atoms with Crippen molar-refractivity contribution in [3.63, 3.8) is 0 Å². The van der Waals surface area contributed by atoms with Gasteiger partial charge in [-0.25, -0.2) is 5.57 Å². The van der Waals surface area contributed by atoms with Gasteiger partial charge in [-0.2, -0.15) is 11.6 Å². The standard InChI is InChI=1S/C11H17.Ru/c1-8(2)10-6-5-7-11(10)9(3)4;/h6,8-9H,5H2,1-4H3;/q-1;+1. The SMILES string of the molecule is CC(C)C1=[C-]CC=C1C(C)C.[Ru+]. The minimum absolute atomic E-state index is 0. The molecule has 0 unspecified atom stereocenters. The minimum Gasteiger partial charge on any atom is -0.269 e. The molecule has 0 spiro atoms. The van der Waals surface area contributed by atoms with Crippen LogP contribution in [-0.4, -0.2) is 0 Å². The number of rotatable bonds is 2. The smallest absolute Gasteiger partial charge is 0.269 e. The van der Waals surface area contributed by atoms with Gasteiger partial charge in [0.1, 0.15) is 0 Å². The van der Waals surface area contributed by atoms with Gasteiger partial charge in [0.25, 0.3) is 0 Å². The normalized spacial score (nSPS) is 16.2. The molecule has 1 rings (SSSR count).